The lowest BCUT2D eigenvalue weighted by Gasteiger charge is -2.31. The van der Waals surface area contributed by atoms with Gasteiger partial charge < -0.3 is 15.3 Å². The second-order valence-corrected chi connectivity index (χ2v) is 2.26. The Morgan fingerprint density at radius 3 is 2.15 bits per heavy atom. The minimum absolute atomic E-state index is 0. The zero-order valence-corrected chi connectivity index (χ0v) is 8.07. The van der Waals surface area contributed by atoms with E-state index in [0.717, 1.165) is 0 Å². The standard InChI is InChI=1S/C5H9F2NO4.BrH/c6-4(7,2-10)5(8,12)3(11)1-9;/h2-3,9,11-12H,1,8H2;1H/t3-,5-;/m1./s1. The molecule has 0 aliphatic carbocycles. The first-order valence-electron chi connectivity index (χ1n) is 2.94. The monoisotopic (exact) mass is 265 g/mol. The molecule has 0 heterocycles. The van der Waals surface area contributed by atoms with Gasteiger partial charge in [-0.2, -0.15) is 8.78 Å². The Balaban J connectivity index is 0. The average Bonchev–Trinajstić information content (AvgIpc) is 2.02. The van der Waals surface area contributed by atoms with Crippen LogP contribution >= 0.6 is 17.0 Å². The maximum Gasteiger partial charge on any atom is 0.346 e. The van der Waals surface area contributed by atoms with Gasteiger partial charge in [-0.05, 0) is 0 Å². The van der Waals surface area contributed by atoms with Gasteiger partial charge in [0.1, 0.15) is 6.10 Å². The number of hydrogen-bond acceptors (Lipinski definition) is 5. The fourth-order valence-corrected chi connectivity index (χ4v) is 0.456. The van der Waals surface area contributed by atoms with Crippen LogP contribution in [0.1, 0.15) is 0 Å². The van der Waals surface area contributed by atoms with Crippen LogP contribution in [0.25, 0.3) is 0 Å². The maximum atomic E-state index is 12.4. The molecule has 0 fully saturated rings. The van der Waals surface area contributed by atoms with Crippen molar-refractivity contribution in [3.05, 3.63) is 0 Å². The largest absolute Gasteiger partial charge is 0.394 e. The van der Waals surface area contributed by atoms with Crippen LogP contribution in [0.4, 0.5) is 8.78 Å². The van der Waals surface area contributed by atoms with E-state index in [0.29, 0.717) is 0 Å². The van der Waals surface area contributed by atoms with Crippen molar-refractivity contribution in [2.75, 3.05) is 6.61 Å². The molecule has 8 heteroatoms. The summed E-state index contributed by atoms with van der Waals surface area (Å²) >= 11 is 0. The van der Waals surface area contributed by atoms with Crippen LogP contribution in [-0.2, 0) is 4.79 Å². The van der Waals surface area contributed by atoms with E-state index in [1.165, 1.54) is 0 Å². The topological polar surface area (TPSA) is 104 Å². The van der Waals surface area contributed by atoms with Gasteiger partial charge in [0.25, 0.3) is 0 Å². The summed E-state index contributed by atoms with van der Waals surface area (Å²) in [4.78, 5) is 9.71. The summed E-state index contributed by atoms with van der Waals surface area (Å²) in [5, 5.41) is 25.5. The summed E-state index contributed by atoms with van der Waals surface area (Å²) in [6, 6.07) is 0. The minimum Gasteiger partial charge on any atom is -0.394 e. The number of nitrogens with two attached hydrogens (primary N) is 1. The van der Waals surface area contributed by atoms with E-state index in [9.17, 15) is 13.6 Å². The van der Waals surface area contributed by atoms with Gasteiger partial charge in [-0.25, -0.2) is 0 Å². The summed E-state index contributed by atoms with van der Waals surface area (Å²) in [5.74, 6) is -4.30. The Labute approximate surface area is 82.9 Å². The predicted octanol–water partition coefficient (Wildman–Crippen LogP) is -1.60. The van der Waals surface area contributed by atoms with Crippen LogP contribution in [0.2, 0.25) is 0 Å². The fourth-order valence-electron chi connectivity index (χ4n) is 0.456. The van der Waals surface area contributed by atoms with Gasteiger partial charge in [-0.3, -0.25) is 10.5 Å². The number of aliphatic hydroxyl groups is 3. The Hall–Kier alpha value is -0.150. The lowest BCUT2D eigenvalue weighted by atomic mass is 10.0. The number of halogens is 3. The van der Waals surface area contributed by atoms with Gasteiger partial charge >= 0.3 is 5.92 Å². The minimum atomic E-state index is -4.30. The highest BCUT2D eigenvalue weighted by molar-refractivity contribution is 8.93. The molecule has 0 spiro atoms. The number of hydrogen-bond donors (Lipinski definition) is 4. The molecule has 80 valence electrons. The molecule has 0 amide bonds. The van der Waals surface area contributed by atoms with Crippen molar-refractivity contribution in [3.63, 3.8) is 0 Å². The van der Waals surface area contributed by atoms with E-state index in [4.69, 9.17) is 15.3 Å². The van der Waals surface area contributed by atoms with E-state index < -0.39 is 30.6 Å². The second-order valence-electron chi connectivity index (χ2n) is 2.26. The molecule has 0 rings (SSSR count). The average molecular weight is 266 g/mol. The van der Waals surface area contributed by atoms with Crippen molar-refractivity contribution in [2.45, 2.75) is 17.8 Å². The first-order chi connectivity index (χ1) is 5.29. The van der Waals surface area contributed by atoms with Gasteiger partial charge in [0, 0.05) is 0 Å². The number of aliphatic hydroxyl groups excluding tert-OH is 2. The lowest BCUT2D eigenvalue weighted by Crippen LogP contribution is -2.65. The van der Waals surface area contributed by atoms with Crippen molar-refractivity contribution in [1.82, 2.24) is 0 Å². The summed E-state index contributed by atoms with van der Waals surface area (Å²) in [7, 11) is 0. The van der Waals surface area contributed by atoms with E-state index in [2.05, 4.69) is 5.73 Å². The smallest absolute Gasteiger partial charge is 0.346 e. The molecule has 0 aromatic rings. The Bertz CT molecular complexity index is 178. The number of aldehydes is 1. The van der Waals surface area contributed by atoms with E-state index in [1.807, 2.05) is 0 Å². The van der Waals surface area contributed by atoms with Crippen LogP contribution in [0.5, 0.6) is 0 Å². The second kappa shape index (κ2) is 4.91. The normalized spacial score (nSPS) is 18.3. The molecular formula is C5H10BrF2NO4. The molecule has 0 aromatic carbocycles. The third kappa shape index (κ3) is 2.92. The molecule has 0 aliphatic heterocycles. The van der Waals surface area contributed by atoms with Gasteiger partial charge in [0.15, 0.2) is 6.29 Å². The number of carbonyl (C=O) groups is 1. The molecule has 0 bridgehead atoms. The molecule has 0 aromatic heterocycles. The van der Waals surface area contributed by atoms with Crippen molar-refractivity contribution < 1.29 is 28.9 Å². The maximum absolute atomic E-state index is 12.4. The molecule has 0 unspecified atom stereocenters. The van der Waals surface area contributed by atoms with Gasteiger partial charge in [-0.15, -0.1) is 17.0 Å². The molecule has 0 aliphatic rings. The zero-order valence-electron chi connectivity index (χ0n) is 6.35. The highest BCUT2D eigenvalue weighted by Gasteiger charge is 2.54. The zero-order chi connectivity index (χ0) is 9.99. The van der Waals surface area contributed by atoms with Crippen molar-refractivity contribution >= 4 is 23.3 Å². The molecule has 0 saturated carbocycles. The van der Waals surface area contributed by atoms with Crippen LogP contribution in [0.3, 0.4) is 0 Å². The fraction of sp³-hybridized carbons (Fsp3) is 0.800. The Morgan fingerprint density at radius 2 is 1.92 bits per heavy atom. The molecule has 2 atom stereocenters. The third-order valence-electron chi connectivity index (χ3n) is 1.36. The highest BCUT2D eigenvalue weighted by atomic mass is 79.9. The van der Waals surface area contributed by atoms with Crippen molar-refractivity contribution in [2.24, 2.45) is 5.73 Å². The Morgan fingerprint density at radius 1 is 1.54 bits per heavy atom. The number of carbonyl (C=O) groups excluding carboxylic acids is 1. The van der Waals surface area contributed by atoms with Gasteiger partial charge in [-0.1, -0.05) is 0 Å². The molecular weight excluding hydrogens is 256 g/mol. The lowest BCUT2D eigenvalue weighted by molar-refractivity contribution is -0.216. The highest BCUT2D eigenvalue weighted by Crippen LogP contribution is 2.24. The predicted molar refractivity (Wildman–Crippen MR) is 43.6 cm³/mol. The SMILES string of the molecule is Br.N[C@@](O)([C@H](O)CO)C(F)(F)C=O. The third-order valence-corrected chi connectivity index (χ3v) is 1.36. The molecule has 5 N–H and O–H groups in total. The summed E-state index contributed by atoms with van der Waals surface area (Å²) in [6.45, 7) is -1.17. The molecule has 5 nitrogen and oxygen atoms in total. The molecule has 0 saturated heterocycles. The summed E-state index contributed by atoms with van der Waals surface area (Å²) < 4.78 is 24.7. The summed E-state index contributed by atoms with van der Waals surface area (Å²) in [5.41, 5.74) is 1.08. The van der Waals surface area contributed by atoms with Crippen molar-refractivity contribution in [1.29, 1.82) is 0 Å². The number of alkyl halides is 2. The molecule has 0 radical (unpaired) electrons. The van der Waals surface area contributed by atoms with Crippen LogP contribution in [0.15, 0.2) is 0 Å². The first-order valence-corrected chi connectivity index (χ1v) is 2.94. The summed E-state index contributed by atoms with van der Waals surface area (Å²) in [6.07, 6.45) is -3.18. The van der Waals surface area contributed by atoms with Crippen molar-refractivity contribution in [3.8, 4) is 0 Å². The van der Waals surface area contributed by atoms with E-state index >= 15 is 0 Å². The number of rotatable bonds is 4. The van der Waals surface area contributed by atoms with E-state index in [-0.39, 0.29) is 17.0 Å². The molecule has 13 heavy (non-hydrogen) atoms. The van der Waals surface area contributed by atoms with Gasteiger partial charge in [0.2, 0.25) is 5.72 Å². The quantitative estimate of drug-likeness (QED) is 0.362. The van der Waals surface area contributed by atoms with Crippen LogP contribution in [-0.4, -0.2) is 46.0 Å². The van der Waals surface area contributed by atoms with Crippen LogP contribution in [0, 0.1) is 0 Å². The van der Waals surface area contributed by atoms with Crippen LogP contribution < -0.4 is 5.73 Å². The Kier molecular flexibility index (Phi) is 5.79. The first kappa shape index (κ1) is 15.3. The van der Waals surface area contributed by atoms with E-state index in [1.54, 1.807) is 0 Å². The van der Waals surface area contributed by atoms with Gasteiger partial charge in [0.05, 0.1) is 6.61 Å².